The molecule has 5 nitrogen and oxygen atoms in total. The molecule has 2 amide bonds. The molecule has 0 heterocycles. The molecule has 2 aromatic carbocycles. The van der Waals surface area contributed by atoms with Gasteiger partial charge in [-0.05, 0) is 49.1 Å². The third-order valence-corrected chi connectivity index (χ3v) is 4.58. The summed E-state index contributed by atoms with van der Waals surface area (Å²) in [5.41, 5.74) is 7.51. The third-order valence-electron chi connectivity index (χ3n) is 4.58. The molecule has 5 heteroatoms. The topological polar surface area (TPSA) is 75.4 Å². The Morgan fingerprint density at radius 1 is 1.12 bits per heavy atom. The molecular weight excluding hydrogens is 314 g/mol. The molecule has 25 heavy (non-hydrogen) atoms. The fraction of sp³-hybridized carbons (Fsp3) is 0.300. The van der Waals surface area contributed by atoms with Gasteiger partial charge in [0.2, 0.25) is 0 Å². The van der Waals surface area contributed by atoms with E-state index < -0.39 is 0 Å². The molecule has 1 atom stereocenters. The fourth-order valence-electron chi connectivity index (χ4n) is 2.88. The van der Waals surface area contributed by atoms with Crippen LogP contribution in [0.25, 0.3) is 0 Å². The van der Waals surface area contributed by atoms with Gasteiger partial charge in [-0.2, -0.15) is 0 Å². The number of nitrogens with one attached hydrogen (secondary N) is 1. The van der Waals surface area contributed by atoms with Crippen LogP contribution in [0.5, 0.6) is 0 Å². The third kappa shape index (κ3) is 4.06. The Balaban J connectivity index is 1.74. The fourth-order valence-corrected chi connectivity index (χ4v) is 2.88. The van der Waals surface area contributed by atoms with Crippen molar-refractivity contribution in [3.05, 3.63) is 65.7 Å². The molecule has 0 radical (unpaired) electrons. The van der Waals surface area contributed by atoms with Gasteiger partial charge < -0.3 is 16.0 Å². The quantitative estimate of drug-likeness (QED) is 0.850. The molecular formula is C20H23N3O2. The molecule has 130 valence electrons. The zero-order valence-corrected chi connectivity index (χ0v) is 14.3. The minimum atomic E-state index is -0.181. The molecule has 0 aromatic heterocycles. The predicted octanol–water partition coefficient (Wildman–Crippen LogP) is 2.43. The van der Waals surface area contributed by atoms with E-state index in [9.17, 15) is 9.59 Å². The lowest BCUT2D eigenvalue weighted by Crippen LogP contribution is -2.41. The van der Waals surface area contributed by atoms with Gasteiger partial charge in [-0.1, -0.05) is 24.3 Å². The van der Waals surface area contributed by atoms with E-state index >= 15 is 0 Å². The predicted molar refractivity (Wildman–Crippen MR) is 98.7 cm³/mol. The average molecular weight is 337 g/mol. The summed E-state index contributed by atoms with van der Waals surface area (Å²) in [4.78, 5) is 26.7. The van der Waals surface area contributed by atoms with E-state index in [1.54, 1.807) is 36.2 Å². The van der Waals surface area contributed by atoms with E-state index in [0.29, 0.717) is 23.6 Å². The number of carbonyl (C=O) groups excluding carboxylic acids is 2. The first-order chi connectivity index (χ1) is 12.1. The summed E-state index contributed by atoms with van der Waals surface area (Å²) in [5.74, 6) is 0.153. The number of benzene rings is 2. The summed E-state index contributed by atoms with van der Waals surface area (Å²) in [6.07, 6.45) is 2.23. The Labute approximate surface area is 147 Å². The van der Waals surface area contributed by atoms with Gasteiger partial charge >= 0.3 is 0 Å². The van der Waals surface area contributed by atoms with Gasteiger partial charge in [0.15, 0.2) is 0 Å². The first-order valence-electron chi connectivity index (χ1n) is 8.54. The summed E-state index contributed by atoms with van der Waals surface area (Å²) < 4.78 is 0. The zero-order valence-electron chi connectivity index (χ0n) is 14.3. The van der Waals surface area contributed by atoms with Crippen LogP contribution in [0.3, 0.4) is 0 Å². The standard InChI is InChI=1S/C20H23N3O2/c1-23(17-8-3-2-4-9-17)20(25)16-7-5-6-15(12-16)19(24)22-18(13-21)14-10-11-14/h2-9,12,14,18H,10-11,13,21H2,1H3,(H,22,24). The minimum absolute atomic E-state index is 0.0128. The molecule has 0 saturated heterocycles. The number of hydrogen-bond acceptors (Lipinski definition) is 3. The molecule has 0 aliphatic heterocycles. The van der Waals surface area contributed by atoms with Crippen LogP contribution in [-0.2, 0) is 0 Å². The van der Waals surface area contributed by atoms with E-state index in [4.69, 9.17) is 5.73 Å². The highest BCUT2D eigenvalue weighted by atomic mass is 16.2. The van der Waals surface area contributed by atoms with Crippen LogP contribution in [0, 0.1) is 5.92 Å². The first-order valence-corrected chi connectivity index (χ1v) is 8.54. The van der Waals surface area contributed by atoms with E-state index in [1.807, 2.05) is 30.3 Å². The molecule has 1 aliphatic rings. The van der Waals surface area contributed by atoms with E-state index in [1.165, 1.54) is 0 Å². The van der Waals surface area contributed by atoms with Gasteiger partial charge in [0.25, 0.3) is 11.8 Å². The normalized spacial score (nSPS) is 14.6. The summed E-state index contributed by atoms with van der Waals surface area (Å²) in [5, 5.41) is 2.98. The smallest absolute Gasteiger partial charge is 0.258 e. The van der Waals surface area contributed by atoms with Crippen molar-refractivity contribution in [2.24, 2.45) is 11.7 Å². The Hall–Kier alpha value is -2.66. The Morgan fingerprint density at radius 2 is 1.80 bits per heavy atom. The number of amides is 2. The first kappa shape index (κ1) is 17.2. The molecule has 1 saturated carbocycles. The van der Waals surface area contributed by atoms with Crippen molar-refractivity contribution < 1.29 is 9.59 Å². The second-order valence-electron chi connectivity index (χ2n) is 6.43. The summed E-state index contributed by atoms with van der Waals surface area (Å²) in [6.45, 7) is 0.436. The van der Waals surface area contributed by atoms with Crippen LogP contribution < -0.4 is 16.0 Å². The molecule has 1 fully saturated rings. The molecule has 0 bridgehead atoms. The van der Waals surface area contributed by atoms with Gasteiger partial charge in [0, 0.05) is 36.4 Å². The lowest BCUT2D eigenvalue weighted by molar-refractivity contribution is 0.0933. The van der Waals surface area contributed by atoms with Crippen molar-refractivity contribution >= 4 is 17.5 Å². The second kappa shape index (κ2) is 7.49. The van der Waals surface area contributed by atoms with Crippen LogP contribution in [-0.4, -0.2) is 31.4 Å². The highest BCUT2D eigenvalue weighted by Gasteiger charge is 2.31. The molecule has 0 spiro atoms. The molecule has 3 N–H and O–H groups in total. The van der Waals surface area contributed by atoms with Crippen molar-refractivity contribution in [2.75, 3.05) is 18.5 Å². The number of carbonyl (C=O) groups is 2. The van der Waals surface area contributed by atoms with Crippen molar-refractivity contribution in [2.45, 2.75) is 18.9 Å². The summed E-state index contributed by atoms with van der Waals surface area (Å²) in [6, 6.07) is 16.2. The van der Waals surface area contributed by atoms with Gasteiger partial charge in [-0.25, -0.2) is 0 Å². The highest BCUT2D eigenvalue weighted by Crippen LogP contribution is 2.32. The van der Waals surface area contributed by atoms with Gasteiger partial charge in [0.1, 0.15) is 0 Å². The lowest BCUT2D eigenvalue weighted by atomic mass is 10.1. The highest BCUT2D eigenvalue weighted by molar-refractivity contribution is 6.07. The number of para-hydroxylation sites is 1. The van der Waals surface area contributed by atoms with Gasteiger partial charge in [0.05, 0.1) is 0 Å². The Kier molecular flexibility index (Phi) is 5.14. The largest absolute Gasteiger partial charge is 0.348 e. The van der Waals surface area contributed by atoms with Crippen LogP contribution in [0.2, 0.25) is 0 Å². The second-order valence-corrected chi connectivity index (χ2v) is 6.43. The monoisotopic (exact) mass is 337 g/mol. The molecule has 2 aromatic rings. The Bertz CT molecular complexity index is 757. The average Bonchev–Trinajstić information content (AvgIpc) is 3.50. The molecule has 1 unspecified atom stereocenters. The van der Waals surface area contributed by atoms with Crippen LogP contribution in [0.4, 0.5) is 5.69 Å². The maximum Gasteiger partial charge on any atom is 0.258 e. The molecule has 1 aliphatic carbocycles. The summed E-state index contributed by atoms with van der Waals surface area (Å²) in [7, 11) is 1.72. The number of nitrogens with zero attached hydrogens (tertiary/aromatic N) is 1. The van der Waals surface area contributed by atoms with Gasteiger partial charge in [-0.3, -0.25) is 9.59 Å². The van der Waals surface area contributed by atoms with Crippen molar-refractivity contribution in [3.63, 3.8) is 0 Å². The number of rotatable bonds is 6. The van der Waals surface area contributed by atoms with Crippen molar-refractivity contribution in [3.8, 4) is 0 Å². The zero-order chi connectivity index (χ0) is 17.8. The van der Waals surface area contributed by atoms with E-state index in [0.717, 1.165) is 18.5 Å². The SMILES string of the molecule is CN(C(=O)c1cccc(C(=O)NC(CN)C2CC2)c1)c1ccccc1. The van der Waals surface area contributed by atoms with Crippen LogP contribution in [0.1, 0.15) is 33.6 Å². The van der Waals surface area contributed by atoms with E-state index in [2.05, 4.69) is 5.32 Å². The van der Waals surface area contributed by atoms with Crippen molar-refractivity contribution in [1.29, 1.82) is 0 Å². The number of anilines is 1. The van der Waals surface area contributed by atoms with Gasteiger partial charge in [-0.15, -0.1) is 0 Å². The lowest BCUT2D eigenvalue weighted by Gasteiger charge is -2.18. The number of nitrogens with two attached hydrogens (primary N) is 1. The maximum absolute atomic E-state index is 12.7. The van der Waals surface area contributed by atoms with Crippen LogP contribution in [0.15, 0.2) is 54.6 Å². The van der Waals surface area contributed by atoms with Crippen molar-refractivity contribution in [1.82, 2.24) is 5.32 Å². The molecule has 3 rings (SSSR count). The minimum Gasteiger partial charge on any atom is -0.348 e. The Morgan fingerprint density at radius 3 is 2.44 bits per heavy atom. The number of hydrogen-bond donors (Lipinski definition) is 2. The maximum atomic E-state index is 12.7. The summed E-state index contributed by atoms with van der Waals surface area (Å²) >= 11 is 0. The van der Waals surface area contributed by atoms with Crippen LogP contribution >= 0.6 is 0 Å². The van der Waals surface area contributed by atoms with E-state index in [-0.39, 0.29) is 17.9 Å².